The Labute approximate surface area is 174 Å². The summed E-state index contributed by atoms with van der Waals surface area (Å²) in [5.41, 5.74) is 5.16. The number of rotatable bonds is 4. The predicted molar refractivity (Wildman–Crippen MR) is 118 cm³/mol. The van der Waals surface area contributed by atoms with E-state index in [1.54, 1.807) is 6.07 Å². The number of aryl methyl sites for hydroxylation is 3. The number of halogens is 1. The summed E-state index contributed by atoms with van der Waals surface area (Å²) in [6.45, 7) is 6.15. The van der Waals surface area contributed by atoms with Gasteiger partial charge in [0, 0.05) is 10.6 Å². The minimum Gasteiger partial charge on any atom is -0.481 e. The van der Waals surface area contributed by atoms with Crippen molar-refractivity contribution in [2.45, 2.75) is 27.4 Å². The van der Waals surface area contributed by atoms with Crippen molar-refractivity contribution in [2.24, 2.45) is 0 Å². The first kappa shape index (κ1) is 19.3. The molecule has 0 radical (unpaired) electrons. The Bertz CT molecular complexity index is 1250. The molecule has 0 aliphatic rings. The van der Waals surface area contributed by atoms with Crippen LogP contribution in [-0.2, 0) is 6.61 Å². The van der Waals surface area contributed by atoms with Crippen LogP contribution in [0.2, 0.25) is 5.02 Å². The maximum absolute atomic E-state index is 13.4. The average molecular weight is 405 g/mol. The fourth-order valence-electron chi connectivity index (χ4n) is 3.44. The fraction of sp³-hybridized carbons (Fsp3) is 0.160. The van der Waals surface area contributed by atoms with Gasteiger partial charge in [0.2, 0.25) is 11.2 Å². The number of fused-ring (bicyclic) bond motifs is 1. The highest BCUT2D eigenvalue weighted by Crippen LogP contribution is 2.33. The fourth-order valence-corrected chi connectivity index (χ4v) is 3.65. The highest BCUT2D eigenvalue weighted by molar-refractivity contribution is 6.30. The monoisotopic (exact) mass is 404 g/mol. The van der Waals surface area contributed by atoms with Gasteiger partial charge in [-0.15, -0.1) is 0 Å². The van der Waals surface area contributed by atoms with Gasteiger partial charge in [-0.1, -0.05) is 59.6 Å². The second-order valence-corrected chi connectivity index (χ2v) is 7.77. The molecule has 0 unspecified atom stereocenters. The van der Waals surface area contributed by atoms with Crippen molar-refractivity contribution in [3.05, 3.63) is 98.2 Å². The van der Waals surface area contributed by atoms with Gasteiger partial charge in [0.25, 0.3) is 0 Å². The van der Waals surface area contributed by atoms with Crippen LogP contribution < -0.4 is 10.2 Å². The molecule has 0 aliphatic carbocycles. The van der Waals surface area contributed by atoms with Crippen LogP contribution >= 0.6 is 11.6 Å². The minimum atomic E-state index is -0.171. The predicted octanol–water partition coefficient (Wildman–Crippen LogP) is 6.62. The molecule has 29 heavy (non-hydrogen) atoms. The largest absolute Gasteiger partial charge is 0.481 e. The number of benzene rings is 3. The molecule has 0 bridgehead atoms. The lowest BCUT2D eigenvalue weighted by molar-refractivity contribution is 0.298. The molecule has 3 nitrogen and oxygen atoms in total. The van der Waals surface area contributed by atoms with Gasteiger partial charge in [0.15, 0.2) is 5.76 Å². The van der Waals surface area contributed by atoms with Crippen molar-refractivity contribution in [1.29, 1.82) is 0 Å². The third-order valence-electron chi connectivity index (χ3n) is 4.87. The molecule has 3 aromatic carbocycles. The van der Waals surface area contributed by atoms with E-state index in [2.05, 4.69) is 0 Å². The van der Waals surface area contributed by atoms with Crippen molar-refractivity contribution >= 4 is 22.6 Å². The lowest BCUT2D eigenvalue weighted by Gasteiger charge is -2.13. The Kier molecular flexibility index (Phi) is 5.16. The van der Waals surface area contributed by atoms with Crippen LogP contribution in [0.15, 0.2) is 69.9 Å². The number of ether oxygens (including phenoxy) is 1. The van der Waals surface area contributed by atoms with Gasteiger partial charge in [0.05, 0.1) is 5.39 Å². The van der Waals surface area contributed by atoms with Gasteiger partial charge < -0.3 is 9.15 Å². The standard InChI is InChI=1S/C25H21ClO3/c1-15-7-9-19(10-8-15)24-25(28-14-18-5-4-6-20(26)13-18)22(27)21-12-16(2)11-17(3)23(21)29-24/h4-13H,14H2,1-3H3. The third kappa shape index (κ3) is 3.92. The van der Waals surface area contributed by atoms with Crippen molar-refractivity contribution in [1.82, 2.24) is 0 Å². The molecule has 1 aromatic heterocycles. The van der Waals surface area contributed by atoms with E-state index >= 15 is 0 Å². The van der Waals surface area contributed by atoms with Crippen molar-refractivity contribution in [3.8, 4) is 17.1 Å². The lowest BCUT2D eigenvalue weighted by Crippen LogP contribution is -2.11. The molecule has 0 aliphatic heterocycles. The summed E-state index contributed by atoms with van der Waals surface area (Å²) < 4.78 is 12.3. The SMILES string of the molecule is Cc1ccc(-c2oc3c(C)cc(C)cc3c(=O)c2OCc2cccc(Cl)c2)cc1. The van der Waals surface area contributed by atoms with Crippen LogP contribution in [0.5, 0.6) is 5.75 Å². The Morgan fingerprint density at radius 1 is 0.931 bits per heavy atom. The average Bonchev–Trinajstić information content (AvgIpc) is 2.68. The molecule has 4 heteroatoms. The van der Waals surface area contributed by atoms with E-state index < -0.39 is 0 Å². The van der Waals surface area contributed by atoms with Gasteiger partial charge in [0.1, 0.15) is 12.2 Å². The van der Waals surface area contributed by atoms with Gasteiger partial charge >= 0.3 is 0 Å². The molecular formula is C25H21ClO3. The normalized spacial score (nSPS) is 11.0. The molecule has 4 rings (SSSR count). The summed E-state index contributed by atoms with van der Waals surface area (Å²) in [4.78, 5) is 13.4. The van der Waals surface area contributed by atoms with Crippen LogP contribution in [0, 0.1) is 20.8 Å². The Morgan fingerprint density at radius 3 is 2.41 bits per heavy atom. The summed E-state index contributed by atoms with van der Waals surface area (Å²) in [6.07, 6.45) is 0. The van der Waals surface area contributed by atoms with Crippen LogP contribution in [0.25, 0.3) is 22.3 Å². The molecule has 0 N–H and O–H groups in total. The van der Waals surface area contributed by atoms with E-state index in [-0.39, 0.29) is 17.8 Å². The van der Waals surface area contributed by atoms with Crippen LogP contribution in [0.1, 0.15) is 22.3 Å². The maximum atomic E-state index is 13.4. The van der Waals surface area contributed by atoms with E-state index in [0.29, 0.717) is 21.8 Å². The van der Waals surface area contributed by atoms with Crippen LogP contribution in [0.3, 0.4) is 0 Å². The first-order valence-electron chi connectivity index (χ1n) is 9.45. The molecule has 4 aromatic rings. The van der Waals surface area contributed by atoms with Crippen LogP contribution in [-0.4, -0.2) is 0 Å². The van der Waals surface area contributed by atoms with E-state index in [9.17, 15) is 4.79 Å². The molecule has 0 fully saturated rings. The zero-order chi connectivity index (χ0) is 20.5. The molecule has 0 atom stereocenters. The van der Waals surface area contributed by atoms with Gasteiger partial charge in [-0.3, -0.25) is 4.79 Å². The molecule has 146 valence electrons. The molecule has 0 spiro atoms. The van der Waals surface area contributed by atoms with Crippen LogP contribution in [0.4, 0.5) is 0 Å². The van der Waals surface area contributed by atoms with E-state index in [1.807, 2.05) is 75.4 Å². The molecular weight excluding hydrogens is 384 g/mol. The number of hydrogen-bond acceptors (Lipinski definition) is 3. The lowest BCUT2D eigenvalue weighted by atomic mass is 10.0. The smallest absolute Gasteiger partial charge is 0.235 e. The minimum absolute atomic E-state index is 0.171. The van der Waals surface area contributed by atoms with Crippen molar-refractivity contribution < 1.29 is 9.15 Å². The summed E-state index contributed by atoms with van der Waals surface area (Å²) in [5, 5.41) is 1.15. The van der Waals surface area contributed by atoms with Crippen molar-refractivity contribution in [3.63, 3.8) is 0 Å². The summed E-state index contributed by atoms with van der Waals surface area (Å²) in [5.74, 6) is 0.655. The van der Waals surface area contributed by atoms with Gasteiger partial charge in [-0.2, -0.15) is 0 Å². The first-order valence-corrected chi connectivity index (χ1v) is 9.82. The molecule has 0 saturated heterocycles. The summed E-state index contributed by atoms with van der Waals surface area (Å²) in [6, 6.07) is 19.1. The highest BCUT2D eigenvalue weighted by atomic mass is 35.5. The van der Waals surface area contributed by atoms with Crippen molar-refractivity contribution in [2.75, 3.05) is 0 Å². The maximum Gasteiger partial charge on any atom is 0.235 e. The highest BCUT2D eigenvalue weighted by Gasteiger charge is 2.19. The number of hydrogen-bond donors (Lipinski definition) is 0. The topological polar surface area (TPSA) is 39.4 Å². The summed E-state index contributed by atoms with van der Waals surface area (Å²) >= 11 is 6.08. The second-order valence-electron chi connectivity index (χ2n) is 7.33. The van der Waals surface area contributed by atoms with E-state index in [1.165, 1.54) is 0 Å². The zero-order valence-electron chi connectivity index (χ0n) is 16.6. The summed E-state index contributed by atoms with van der Waals surface area (Å²) in [7, 11) is 0. The second kappa shape index (κ2) is 7.76. The molecule has 0 saturated carbocycles. The van der Waals surface area contributed by atoms with E-state index in [4.69, 9.17) is 20.8 Å². The van der Waals surface area contributed by atoms with Gasteiger partial charge in [-0.05, 0) is 55.7 Å². The third-order valence-corrected chi connectivity index (χ3v) is 5.10. The Hall–Kier alpha value is -3.04. The zero-order valence-corrected chi connectivity index (χ0v) is 17.3. The van der Waals surface area contributed by atoms with E-state index in [0.717, 1.165) is 27.8 Å². The quantitative estimate of drug-likeness (QED) is 0.383. The Morgan fingerprint density at radius 2 is 1.69 bits per heavy atom. The van der Waals surface area contributed by atoms with Gasteiger partial charge in [-0.25, -0.2) is 0 Å². The first-order chi connectivity index (χ1) is 13.9. The Balaban J connectivity index is 1.89. The molecule has 0 amide bonds. The molecule has 1 heterocycles.